The summed E-state index contributed by atoms with van der Waals surface area (Å²) in [7, 11) is 0. The Labute approximate surface area is 112 Å². The van der Waals surface area contributed by atoms with Crippen molar-refractivity contribution in [3.63, 3.8) is 0 Å². The van der Waals surface area contributed by atoms with Crippen LogP contribution in [0.5, 0.6) is 0 Å². The fourth-order valence-electron chi connectivity index (χ4n) is 2.44. The summed E-state index contributed by atoms with van der Waals surface area (Å²) in [4.78, 5) is 5.02. The zero-order valence-electron chi connectivity index (χ0n) is 10.5. The number of benzene rings is 1. The van der Waals surface area contributed by atoms with Crippen molar-refractivity contribution in [2.24, 2.45) is 0 Å². The van der Waals surface area contributed by atoms with Crippen molar-refractivity contribution < 1.29 is 0 Å². The fraction of sp³-hybridized carbons (Fsp3) is 0.333. The third-order valence-corrected chi connectivity index (χ3v) is 4.21. The monoisotopic (exact) mass is 258 g/mol. The Morgan fingerprint density at radius 1 is 0.944 bits per heavy atom. The molecule has 0 spiro atoms. The van der Waals surface area contributed by atoms with Crippen molar-refractivity contribution in [3.8, 4) is 0 Å². The molecule has 0 saturated carbocycles. The van der Waals surface area contributed by atoms with Crippen molar-refractivity contribution in [1.82, 2.24) is 4.90 Å². The number of hydrogen-bond donors (Lipinski definition) is 0. The van der Waals surface area contributed by atoms with Crippen LogP contribution in [0.2, 0.25) is 0 Å². The summed E-state index contributed by atoms with van der Waals surface area (Å²) in [5, 5.41) is 4.42. The molecule has 2 heterocycles. The van der Waals surface area contributed by atoms with Gasteiger partial charge in [0, 0.05) is 38.4 Å². The highest BCUT2D eigenvalue weighted by atomic mass is 32.1. The van der Waals surface area contributed by atoms with Crippen molar-refractivity contribution in [1.29, 1.82) is 0 Å². The summed E-state index contributed by atoms with van der Waals surface area (Å²) in [6.45, 7) is 5.68. The van der Waals surface area contributed by atoms with Crippen LogP contribution in [0.4, 0.5) is 5.69 Å². The summed E-state index contributed by atoms with van der Waals surface area (Å²) in [6.07, 6.45) is 0. The molecule has 94 valence electrons. The van der Waals surface area contributed by atoms with Gasteiger partial charge in [-0.15, -0.1) is 0 Å². The van der Waals surface area contributed by atoms with Gasteiger partial charge in [-0.25, -0.2) is 0 Å². The minimum absolute atomic E-state index is 1.10. The van der Waals surface area contributed by atoms with Gasteiger partial charge in [0.1, 0.15) is 0 Å². The van der Waals surface area contributed by atoms with Crippen LogP contribution in [0.3, 0.4) is 0 Å². The second-order valence-corrected chi connectivity index (χ2v) is 5.51. The van der Waals surface area contributed by atoms with E-state index in [0.29, 0.717) is 0 Å². The molecule has 0 unspecified atom stereocenters. The van der Waals surface area contributed by atoms with Crippen LogP contribution in [0, 0.1) is 0 Å². The lowest BCUT2D eigenvalue weighted by Crippen LogP contribution is -2.45. The molecule has 2 aromatic rings. The standard InChI is InChI=1S/C15H18N2S/c1-2-4-15(5-3-1)17-9-7-16(8-10-17)12-14-6-11-18-13-14/h1-6,11,13H,7-10,12H2. The quantitative estimate of drug-likeness (QED) is 0.835. The number of nitrogens with zero attached hydrogens (tertiary/aromatic N) is 2. The van der Waals surface area contributed by atoms with Crippen LogP contribution in [-0.2, 0) is 6.54 Å². The van der Waals surface area contributed by atoms with Gasteiger partial charge in [0.15, 0.2) is 0 Å². The summed E-state index contributed by atoms with van der Waals surface area (Å²) in [6, 6.07) is 13.0. The van der Waals surface area contributed by atoms with E-state index in [1.165, 1.54) is 11.3 Å². The number of para-hydroxylation sites is 1. The number of thiophene rings is 1. The fourth-order valence-corrected chi connectivity index (χ4v) is 3.10. The van der Waals surface area contributed by atoms with E-state index in [-0.39, 0.29) is 0 Å². The SMILES string of the molecule is c1ccc(N2CCN(Cc3ccsc3)CC2)cc1. The molecule has 0 bridgehead atoms. The zero-order chi connectivity index (χ0) is 12.2. The molecule has 3 rings (SSSR count). The maximum atomic E-state index is 2.54. The first kappa shape index (κ1) is 11.8. The molecule has 1 fully saturated rings. The number of rotatable bonds is 3. The Kier molecular flexibility index (Phi) is 3.62. The predicted octanol–water partition coefficient (Wildman–Crippen LogP) is 3.07. The minimum atomic E-state index is 1.10. The topological polar surface area (TPSA) is 6.48 Å². The Morgan fingerprint density at radius 2 is 1.72 bits per heavy atom. The molecule has 2 nitrogen and oxygen atoms in total. The first-order valence-electron chi connectivity index (χ1n) is 6.45. The van der Waals surface area contributed by atoms with Gasteiger partial charge in [-0.2, -0.15) is 11.3 Å². The Balaban J connectivity index is 1.55. The molecule has 1 saturated heterocycles. The van der Waals surface area contributed by atoms with E-state index < -0.39 is 0 Å². The second-order valence-electron chi connectivity index (χ2n) is 4.73. The maximum absolute atomic E-state index is 2.54. The summed E-state index contributed by atoms with van der Waals surface area (Å²) in [5.41, 5.74) is 2.81. The average molecular weight is 258 g/mol. The van der Waals surface area contributed by atoms with Crippen molar-refractivity contribution in [2.45, 2.75) is 6.54 Å². The minimum Gasteiger partial charge on any atom is -0.369 e. The van der Waals surface area contributed by atoms with E-state index in [0.717, 1.165) is 32.7 Å². The van der Waals surface area contributed by atoms with Crippen molar-refractivity contribution in [2.75, 3.05) is 31.1 Å². The molecular weight excluding hydrogens is 240 g/mol. The third kappa shape index (κ3) is 2.74. The smallest absolute Gasteiger partial charge is 0.0367 e. The van der Waals surface area contributed by atoms with E-state index in [4.69, 9.17) is 0 Å². The lowest BCUT2D eigenvalue weighted by molar-refractivity contribution is 0.250. The van der Waals surface area contributed by atoms with Gasteiger partial charge in [0.2, 0.25) is 0 Å². The van der Waals surface area contributed by atoms with Crippen LogP contribution >= 0.6 is 11.3 Å². The second kappa shape index (κ2) is 5.55. The lowest BCUT2D eigenvalue weighted by atomic mass is 10.2. The van der Waals surface area contributed by atoms with Gasteiger partial charge < -0.3 is 4.90 Å². The van der Waals surface area contributed by atoms with E-state index in [1.807, 2.05) is 0 Å². The number of anilines is 1. The molecule has 0 amide bonds. The molecule has 1 aliphatic heterocycles. The van der Waals surface area contributed by atoms with Gasteiger partial charge in [-0.1, -0.05) is 18.2 Å². The van der Waals surface area contributed by atoms with Crippen LogP contribution in [0.25, 0.3) is 0 Å². The Bertz CT molecular complexity index is 459. The normalized spacial score (nSPS) is 17.0. The van der Waals surface area contributed by atoms with Crippen molar-refractivity contribution >= 4 is 17.0 Å². The molecule has 1 aromatic heterocycles. The average Bonchev–Trinajstić information content (AvgIpc) is 2.94. The molecule has 18 heavy (non-hydrogen) atoms. The zero-order valence-corrected chi connectivity index (χ0v) is 11.3. The summed E-state index contributed by atoms with van der Waals surface area (Å²) < 4.78 is 0. The van der Waals surface area contributed by atoms with Gasteiger partial charge in [-0.05, 0) is 34.5 Å². The molecule has 0 radical (unpaired) electrons. The first-order chi connectivity index (χ1) is 8.92. The van der Waals surface area contributed by atoms with Gasteiger partial charge in [0.25, 0.3) is 0 Å². The molecular formula is C15H18N2S. The lowest BCUT2D eigenvalue weighted by Gasteiger charge is -2.36. The molecule has 3 heteroatoms. The highest BCUT2D eigenvalue weighted by Gasteiger charge is 2.16. The largest absolute Gasteiger partial charge is 0.369 e. The van der Waals surface area contributed by atoms with Crippen LogP contribution < -0.4 is 4.90 Å². The Hall–Kier alpha value is -1.32. The van der Waals surface area contributed by atoms with Gasteiger partial charge in [0.05, 0.1) is 0 Å². The number of hydrogen-bond acceptors (Lipinski definition) is 3. The highest BCUT2D eigenvalue weighted by Crippen LogP contribution is 2.17. The van der Waals surface area contributed by atoms with E-state index in [9.17, 15) is 0 Å². The van der Waals surface area contributed by atoms with E-state index in [1.54, 1.807) is 11.3 Å². The highest BCUT2D eigenvalue weighted by molar-refractivity contribution is 7.07. The maximum Gasteiger partial charge on any atom is 0.0367 e. The summed E-state index contributed by atoms with van der Waals surface area (Å²) in [5.74, 6) is 0. The molecule has 0 aliphatic carbocycles. The van der Waals surface area contributed by atoms with Crippen LogP contribution in [0.15, 0.2) is 47.2 Å². The van der Waals surface area contributed by atoms with Gasteiger partial charge in [-0.3, -0.25) is 4.90 Å². The van der Waals surface area contributed by atoms with Crippen LogP contribution in [-0.4, -0.2) is 31.1 Å². The molecule has 0 N–H and O–H groups in total. The summed E-state index contributed by atoms with van der Waals surface area (Å²) >= 11 is 1.79. The predicted molar refractivity (Wildman–Crippen MR) is 78.3 cm³/mol. The number of piperazine rings is 1. The third-order valence-electron chi connectivity index (χ3n) is 3.48. The Morgan fingerprint density at radius 3 is 2.39 bits per heavy atom. The first-order valence-corrected chi connectivity index (χ1v) is 7.39. The molecule has 1 aliphatic rings. The van der Waals surface area contributed by atoms with Crippen LogP contribution in [0.1, 0.15) is 5.56 Å². The van der Waals surface area contributed by atoms with Crippen molar-refractivity contribution in [3.05, 3.63) is 52.7 Å². The van der Waals surface area contributed by atoms with E-state index in [2.05, 4.69) is 57.0 Å². The van der Waals surface area contributed by atoms with Gasteiger partial charge >= 0.3 is 0 Å². The van der Waals surface area contributed by atoms with E-state index >= 15 is 0 Å². The molecule has 0 atom stereocenters. The molecule has 1 aromatic carbocycles.